The number of nitrogens with zero attached hydrogens (tertiary/aromatic N) is 1. The van der Waals surface area contributed by atoms with Gasteiger partial charge in [-0.05, 0) is 36.4 Å². The van der Waals surface area contributed by atoms with Crippen LogP contribution in [0, 0.1) is 0 Å². The summed E-state index contributed by atoms with van der Waals surface area (Å²) < 4.78 is 29.4. The fourth-order valence-electron chi connectivity index (χ4n) is 1.81. The number of anilines is 1. The Morgan fingerprint density at radius 3 is 2.75 bits per heavy atom. The van der Waals surface area contributed by atoms with Crippen molar-refractivity contribution in [2.24, 2.45) is 0 Å². The van der Waals surface area contributed by atoms with Gasteiger partial charge in [0, 0.05) is 23.8 Å². The number of halogens is 1. The molecule has 1 aromatic heterocycles. The van der Waals surface area contributed by atoms with Crippen molar-refractivity contribution in [3.63, 3.8) is 0 Å². The monoisotopic (exact) mass is 368 g/mol. The van der Waals surface area contributed by atoms with E-state index in [0.717, 1.165) is 6.26 Å². The van der Waals surface area contributed by atoms with Gasteiger partial charge in [0.15, 0.2) is 0 Å². The molecule has 24 heavy (non-hydrogen) atoms. The second kappa shape index (κ2) is 7.65. The van der Waals surface area contributed by atoms with E-state index in [1.54, 1.807) is 36.4 Å². The zero-order valence-corrected chi connectivity index (χ0v) is 14.8. The molecule has 1 amide bonds. The van der Waals surface area contributed by atoms with Gasteiger partial charge in [-0.25, -0.2) is 8.42 Å². The number of sulfonamides is 1. The van der Waals surface area contributed by atoms with Gasteiger partial charge >= 0.3 is 0 Å². The Bertz CT molecular complexity index is 858. The van der Waals surface area contributed by atoms with Crippen LogP contribution in [0.2, 0.25) is 5.02 Å². The molecule has 0 fully saturated rings. The fraction of sp³-hybridized carbons (Fsp3) is 0.188. The van der Waals surface area contributed by atoms with Gasteiger partial charge in [-0.2, -0.15) is 4.31 Å². The lowest BCUT2D eigenvalue weighted by Crippen LogP contribution is -2.24. The summed E-state index contributed by atoms with van der Waals surface area (Å²) in [6, 6.07) is 10.1. The molecule has 0 saturated heterocycles. The molecule has 0 bridgehead atoms. The second-order valence-corrected chi connectivity index (χ2v) is 7.68. The number of rotatable bonds is 6. The number of carbonyl (C=O) groups excluding carboxylic acids is 1. The summed E-state index contributed by atoms with van der Waals surface area (Å²) in [6.07, 6.45) is 3.95. The van der Waals surface area contributed by atoms with E-state index in [2.05, 4.69) is 5.32 Å². The SMILES string of the molecule is CN(Cc1ccc(/C=C/C(=O)Nc2cccc(Cl)c2)o1)S(C)(=O)=O. The van der Waals surface area contributed by atoms with Crippen molar-refractivity contribution in [1.82, 2.24) is 4.31 Å². The van der Waals surface area contributed by atoms with Crippen molar-refractivity contribution in [2.45, 2.75) is 6.54 Å². The van der Waals surface area contributed by atoms with Crippen LogP contribution in [0.5, 0.6) is 0 Å². The van der Waals surface area contributed by atoms with Gasteiger partial charge in [0.2, 0.25) is 15.9 Å². The Labute approximate surface area is 145 Å². The molecule has 1 heterocycles. The summed E-state index contributed by atoms with van der Waals surface area (Å²) in [5.41, 5.74) is 0.590. The first kappa shape index (κ1) is 18.3. The van der Waals surface area contributed by atoms with Crippen LogP contribution in [0.1, 0.15) is 11.5 Å². The van der Waals surface area contributed by atoms with Crippen LogP contribution >= 0.6 is 11.6 Å². The van der Waals surface area contributed by atoms with Crippen molar-refractivity contribution in [2.75, 3.05) is 18.6 Å². The van der Waals surface area contributed by atoms with Crippen molar-refractivity contribution >= 4 is 39.3 Å². The lowest BCUT2D eigenvalue weighted by atomic mass is 10.3. The maximum absolute atomic E-state index is 11.8. The zero-order chi connectivity index (χ0) is 17.7. The van der Waals surface area contributed by atoms with E-state index in [0.29, 0.717) is 22.2 Å². The molecule has 0 unspecified atom stereocenters. The third-order valence-corrected chi connectivity index (χ3v) is 4.61. The molecule has 0 atom stereocenters. The number of benzene rings is 1. The topological polar surface area (TPSA) is 79.6 Å². The lowest BCUT2D eigenvalue weighted by molar-refractivity contribution is -0.111. The molecule has 0 aliphatic rings. The highest BCUT2D eigenvalue weighted by Crippen LogP contribution is 2.15. The Morgan fingerprint density at radius 1 is 1.33 bits per heavy atom. The molecule has 0 saturated carbocycles. The summed E-state index contributed by atoms with van der Waals surface area (Å²) in [7, 11) is -1.81. The minimum absolute atomic E-state index is 0.126. The molecule has 0 aliphatic carbocycles. The normalized spacial score (nSPS) is 12.0. The van der Waals surface area contributed by atoms with Gasteiger partial charge in [0.25, 0.3) is 0 Å². The number of hydrogen-bond acceptors (Lipinski definition) is 4. The Morgan fingerprint density at radius 2 is 2.08 bits per heavy atom. The molecular formula is C16H17ClN2O4S. The molecule has 8 heteroatoms. The molecule has 0 aliphatic heterocycles. The fourth-order valence-corrected chi connectivity index (χ4v) is 2.37. The minimum atomic E-state index is -3.28. The van der Waals surface area contributed by atoms with Crippen LogP contribution in [0.25, 0.3) is 6.08 Å². The van der Waals surface area contributed by atoms with Crippen LogP contribution in [0.15, 0.2) is 46.9 Å². The number of amides is 1. The molecule has 6 nitrogen and oxygen atoms in total. The van der Waals surface area contributed by atoms with Crippen LogP contribution < -0.4 is 5.32 Å². The number of hydrogen-bond donors (Lipinski definition) is 1. The molecule has 2 rings (SSSR count). The number of nitrogens with one attached hydrogen (secondary N) is 1. The van der Waals surface area contributed by atoms with E-state index < -0.39 is 10.0 Å². The molecule has 0 spiro atoms. The van der Waals surface area contributed by atoms with E-state index in [-0.39, 0.29) is 12.5 Å². The first-order chi connectivity index (χ1) is 11.2. The molecule has 1 aromatic carbocycles. The lowest BCUT2D eigenvalue weighted by Gasteiger charge is -2.11. The summed E-state index contributed by atoms with van der Waals surface area (Å²) in [5, 5.41) is 3.20. The minimum Gasteiger partial charge on any atom is -0.460 e. The Hall–Kier alpha value is -2.09. The highest BCUT2D eigenvalue weighted by molar-refractivity contribution is 7.88. The maximum Gasteiger partial charge on any atom is 0.248 e. The Kier molecular flexibility index (Phi) is 5.82. The first-order valence-electron chi connectivity index (χ1n) is 6.99. The number of carbonyl (C=O) groups is 1. The van der Waals surface area contributed by atoms with Crippen molar-refractivity contribution < 1.29 is 17.6 Å². The average Bonchev–Trinajstić information content (AvgIpc) is 2.92. The second-order valence-electron chi connectivity index (χ2n) is 5.16. The van der Waals surface area contributed by atoms with Gasteiger partial charge in [-0.15, -0.1) is 0 Å². The van der Waals surface area contributed by atoms with Crippen molar-refractivity contribution in [3.8, 4) is 0 Å². The molecular weight excluding hydrogens is 352 g/mol. The maximum atomic E-state index is 11.8. The van der Waals surface area contributed by atoms with Gasteiger partial charge in [-0.1, -0.05) is 17.7 Å². The Balaban J connectivity index is 1.96. The van der Waals surface area contributed by atoms with Crippen molar-refractivity contribution in [3.05, 3.63) is 59.0 Å². The summed E-state index contributed by atoms with van der Waals surface area (Å²) >= 11 is 5.85. The first-order valence-corrected chi connectivity index (χ1v) is 9.21. The largest absolute Gasteiger partial charge is 0.460 e. The van der Waals surface area contributed by atoms with Crippen LogP contribution in [-0.2, 0) is 21.4 Å². The van der Waals surface area contributed by atoms with E-state index in [9.17, 15) is 13.2 Å². The van der Waals surface area contributed by atoms with E-state index >= 15 is 0 Å². The van der Waals surface area contributed by atoms with E-state index in [1.807, 2.05) is 0 Å². The predicted octanol–water partition coefficient (Wildman–Crippen LogP) is 2.98. The molecule has 2 aromatic rings. The molecule has 128 valence electrons. The highest BCUT2D eigenvalue weighted by atomic mass is 35.5. The van der Waals surface area contributed by atoms with Crippen LogP contribution in [-0.4, -0.2) is 31.9 Å². The quantitative estimate of drug-likeness (QED) is 0.795. The summed E-state index contributed by atoms with van der Waals surface area (Å²) in [5.74, 6) is 0.606. The van der Waals surface area contributed by atoms with Gasteiger partial charge in [0.05, 0.1) is 12.8 Å². The third kappa shape index (κ3) is 5.52. The van der Waals surface area contributed by atoms with Crippen molar-refractivity contribution in [1.29, 1.82) is 0 Å². The summed E-state index contributed by atoms with van der Waals surface area (Å²) in [6.45, 7) is 0.126. The van der Waals surface area contributed by atoms with Gasteiger partial charge < -0.3 is 9.73 Å². The third-order valence-electron chi connectivity index (χ3n) is 3.12. The predicted molar refractivity (Wildman–Crippen MR) is 94.1 cm³/mol. The van der Waals surface area contributed by atoms with E-state index in [4.69, 9.17) is 16.0 Å². The number of furan rings is 1. The van der Waals surface area contributed by atoms with Gasteiger partial charge in [-0.3, -0.25) is 4.79 Å². The molecule has 0 radical (unpaired) electrons. The zero-order valence-electron chi connectivity index (χ0n) is 13.2. The summed E-state index contributed by atoms with van der Waals surface area (Å²) in [4.78, 5) is 11.8. The van der Waals surface area contributed by atoms with E-state index in [1.165, 1.54) is 23.5 Å². The standard InChI is InChI=1S/C16H17ClN2O4S/c1-19(24(2,21)22)11-15-7-6-14(23-15)8-9-16(20)18-13-5-3-4-12(17)10-13/h3-10H,11H2,1-2H3,(H,18,20)/b9-8+. The average molecular weight is 369 g/mol. The van der Waals surface area contributed by atoms with Crippen LogP contribution in [0.4, 0.5) is 5.69 Å². The van der Waals surface area contributed by atoms with Crippen LogP contribution in [0.3, 0.4) is 0 Å². The smallest absolute Gasteiger partial charge is 0.248 e. The molecule has 1 N–H and O–H groups in total. The highest BCUT2D eigenvalue weighted by Gasteiger charge is 2.13. The van der Waals surface area contributed by atoms with Gasteiger partial charge in [0.1, 0.15) is 11.5 Å².